The predicted octanol–water partition coefficient (Wildman–Crippen LogP) is 2.25. The summed E-state index contributed by atoms with van der Waals surface area (Å²) in [7, 11) is 1.98. The maximum absolute atomic E-state index is 11.9. The fourth-order valence-electron chi connectivity index (χ4n) is 2.11. The highest BCUT2D eigenvalue weighted by Crippen LogP contribution is 2.32. The van der Waals surface area contributed by atoms with E-state index >= 15 is 0 Å². The van der Waals surface area contributed by atoms with Crippen LogP contribution in [0.4, 0.5) is 0 Å². The molecule has 0 atom stereocenters. The lowest BCUT2D eigenvalue weighted by atomic mass is 10.1. The first-order valence-corrected chi connectivity index (χ1v) is 6.87. The van der Waals surface area contributed by atoms with Gasteiger partial charge in [0.1, 0.15) is 0 Å². The van der Waals surface area contributed by atoms with Gasteiger partial charge < -0.3 is 4.57 Å². The number of amides is 1. The average molecular weight is 289 g/mol. The molecule has 6 heteroatoms. The average Bonchev–Trinajstić information content (AvgIpc) is 2.84. The maximum Gasteiger partial charge on any atom is 0.280 e. The Bertz CT molecular complexity index is 733. The van der Waals surface area contributed by atoms with Gasteiger partial charge in [0.05, 0.1) is 4.91 Å². The minimum atomic E-state index is -0.247. The number of hydrogen-bond donors (Lipinski definition) is 1. The second-order valence-electron chi connectivity index (χ2n) is 4.26. The molecule has 1 aliphatic heterocycles. The van der Waals surface area contributed by atoms with E-state index in [1.54, 1.807) is 0 Å². The number of thioether (sulfide) groups is 1. The number of benzene rings is 1. The number of rotatable bonds is 1. The Kier molecular flexibility index (Phi) is 2.93. The number of hydrogen-bond acceptors (Lipinski definition) is 4. The molecule has 1 aromatic carbocycles. The van der Waals surface area contributed by atoms with Crippen LogP contribution in [-0.4, -0.2) is 19.8 Å². The number of nitrogens with two attached hydrogens (primary N) is 1. The van der Waals surface area contributed by atoms with E-state index in [1.165, 1.54) is 11.8 Å². The quantitative estimate of drug-likeness (QED) is 0.379. The summed E-state index contributed by atoms with van der Waals surface area (Å²) < 4.78 is 2.42. The van der Waals surface area contributed by atoms with E-state index in [1.807, 2.05) is 48.2 Å². The summed E-state index contributed by atoms with van der Waals surface area (Å²) in [5.74, 6) is 5.31. The van der Waals surface area contributed by atoms with E-state index in [9.17, 15) is 4.79 Å². The van der Waals surface area contributed by atoms with Crippen LogP contribution in [0.1, 0.15) is 5.56 Å². The summed E-state index contributed by atoms with van der Waals surface area (Å²) >= 11 is 6.24. The van der Waals surface area contributed by atoms with E-state index in [0.717, 1.165) is 21.5 Å². The topological polar surface area (TPSA) is 51.3 Å². The van der Waals surface area contributed by atoms with Crippen LogP contribution in [0.3, 0.4) is 0 Å². The van der Waals surface area contributed by atoms with Crippen LogP contribution in [0.15, 0.2) is 35.4 Å². The first-order chi connectivity index (χ1) is 9.08. The van der Waals surface area contributed by atoms with Crippen LogP contribution >= 0.6 is 24.0 Å². The smallest absolute Gasteiger partial charge is 0.280 e. The minimum Gasteiger partial charge on any atom is -0.350 e. The van der Waals surface area contributed by atoms with Gasteiger partial charge in [-0.1, -0.05) is 42.2 Å². The Balaban J connectivity index is 2.12. The molecule has 1 fully saturated rings. The van der Waals surface area contributed by atoms with Gasteiger partial charge in [-0.15, -0.1) is 0 Å². The van der Waals surface area contributed by atoms with Crippen molar-refractivity contribution in [1.29, 1.82) is 0 Å². The number of carbonyl (C=O) groups is 1. The first-order valence-electron chi connectivity index (χ1n) is 5.64. The first kappa shape index (κ1) is 12.4. The molecule has 4 nitrogen and oxygen atoms in total. The summed E-state index contributed by atoms with van der Waals surface area (Å²) in [6, 6.07) is 8.05. The number of fused-ring (bicyclic) bond motifs is 1. The van der Waals surface area contributed by atoms with E-state index in [4.69, 9.17) is 18.1 Å². The molecule has 19 heavy (non-hydrogen) atoms. The lowest BCUT2D eigenvalue weighted by Gasteiger charge is -2.02. The lowest BCUT2D eigenvalue weighted by Crippen LogP contribution is -2.34. The lowest BCUT2D eigenvalue weighted by molar-refractivity contribution is -0.122. The summed E-state index contributed by atoms with van der Waals surface area (Å²) in [5.41, 5.74) is 2.11. The number of hydrazine groups is 1. The summed E-state index contributed by atoms with van der Waals surface area (Å²) in [6.07, 6.45) is 3.84. The standard InChI is InChI=1S/C13H11N3OS2/c1-15-7-8(9-4-2-3-5-10(9)15)6-11-12(17)16(14)13(18)19-11/h2-7H,14H2,1H3/b11-6-. The van der Waals surface area contributed by atoms with Gasteiger partial charge in [0, 0.05) is 29.7 Å². The summed E-state index contributed by atoms with van der Waals surface area (Å²) in [5, 5.41) is 2.11. The van der Waals surface area contributed by atoms with Crippen molar-refractivity contribution in [3.63, 3.8) is 0 Å². The zero-order valence-electron chi connectivity index (χ0n) is 10.2. The molecular weight excluding hydrogens is 278 g/mol. The number of carbonyl (C=O) groups excluding carboxylic acids is 1. The van der Waals surface area contributed by atoms with E-state index < -0.39 is 0 Å². The SMILES string of the molecule is Cn1cc(/C=C2\SC(=S)N(N)C2=O)c2ccccc21. The summed E-state index contributed by atoms with van der Waals surface area (Å²) in [6.45, 7) is 0. The molecule has 2 N–H and O–H groups in total. The van der Waals surface area contributed by atoms with Gasteiger partial charge in [0.25, 0.3) is 5.91 Å². The van der Waals surface area contributed by atoms with Gasteiger partial charge in [0.15, 0.2) is 4.32 Å². The van der Waals surface area contributed by atoms with Crippen LogP contribution in [-0.2, 0) is 11.8 Å². The highest BCUT2D eigenvalue weighted by molar-refractivity contribution is 8.26. The van der Waals surface area contributed by atoms with Crippen molar-refractivity contribution < 1.29 is 4.79 Å². The third-order valence-corrected chi connectivity index (χ3v) is 4.37. The van der Waals surface area contributed by atoms with Crippen LogP contribution < -0.4 is 5.84 Å². The molecule has 1 aromatic heterocycles. The Hall–Kier alpha value is -1.63. The third kappa shape index (κ3) is 1.98. The molecule has 2 heterocycles. The van der Waals surface area contributed by atoms with Crippen LogP contribution in [0, 0.1) is 0 Å². The number of thiocarbonyl (C=S) groups is 1. The fraction of sp³-hybridized carbons (Fsp3) is 0.0769. The molecule has 1 aliphatic rings. The van der Waals surface area contributed by atoms with Gasteiger partial charge >= 0.3 is 0 Å². The van der Waals surface area contributed by atoms with Crippen molar-refractivity contribution in [2.24, 2.45) is 12.9 Å². The van der Waals surface area contributed by atoms with E-state index in [2.05, 4.69) is 0 Å². The Morgan fingerprint density at radius 1 is 1.37 bits per heavy atom. The van der Waals surface area contributed by atoms with Gasteiger partial charge in [-0.3, -0.25) is 4.79 Å². The molecular formula is C13H11N3OS2. The molecule has 0 bridgehead atoms. The molecule has 1 amide bonds. The van der Waals surface area contributed by atoms with Crippen molar-refractivity contribution in [2.75, 3.05) is 0 Å². The molecule has 96 valence electrons. The summed E-state index contributed by atoms with van der Waals surface area (Å²) in [4.78, 5) is 12.4. The molecule has 0 spiro atoms. The van der Waals surface area contributed by atoms with Gasteiger partial charge in [-0.2, -0.15) is 0 Å². The van der Waals surface area contributed by atoms with E-state index in [-0.39, 0.29) is 5.91 Å². The van der Waals surface area contributed by atoms with Gasteiger partial charge in [0.2, 0.25) is 0 Å². The molecule has 0 unspecified atom stereocenters. The maximum atomic E-state index is 11.9. The van der Waals surface area contributed by atoms with Crippen LogP contribution in [0.25, 0.3) is 17.0 Å². The number of aryl methyl sites for hydroxylation is 1. The minimum absolute atomic E-state index is 0.247. The second kappa shape index (κ2) is 4.48. The number of para-hydroxylation sites is 1. The largest absolute Gasteiger partial charge is 0.350 e. The monoisotopic (exact) mass is 289 g/mol. The number of nitrogens with zero attached hydrogens (tertiary/aromatic N) is 2. The van der Waals surface area contributed by atoms with Gasteiger partial charge in [-0.25, -0.2) is 10.9 Å². The Morgan fingerprint density at radius 2 is 2.11 bits per heavy atom. The van der Waals surface area contributed by atoms with Crippen molar-refractivity contribution >= 4 is 51.2 Å². The Morgan fingerprint density at radius 3 is 2.79 bits per heavy atom. The van der Waals surface area contributed by atoms with Gasteiger partial charge in [-0.05, 0) is 12.1 Å². The van der Waals surface area contributed by atoms with Crippen molar-refractivity contribution in [2.45, 2.75) is 0 Å². The zero-order chi connectivity index (χ0) is 13.6. The molecule has 0 aliphatic carbocycles. The predicted molar refractivity (Wildman–Crippen MR) is 82.1 cm³/mol. The molecule has 3 rings (SSSR count). The zero-order valence-corrected chi connectivity index (χ0v) is 11.8. The Labute approximate surface area is 119 Å². The van der Waals surface area contributed by atoms with Crippen LogP contribution in [0.2, 0.25) is 0 Å². The van der Waals surface area contributed by atoms with Crippen molar-refractivity contribution in [1.82, 2.24) is 9.58 Å². The normalized spacial score (nSPS) is 18.0. The molecule has 0 radical (unpaired) electrons. The molecule has 1 saturated heterocycles. The highest BCUT2D eigenvalue weighted by atomic mass is 32.2. The fourth-order valence-corrected chi connectivity index (χ4v) is 3.20. The van der Waals surface area contributed by atoms with Crippen molar-refractivity contribution in [3.05, 3.63) is 40.9 Å². The van der Waals surface area contributed by atoms with Crippen LogP contribution in [0.5, 0.6) is 0 Å². The third-order valence-electron chi connectivity index (χ3n) is 3.04. The highest BCUT2D eigenvalue weighted by Gasteiger charge is 2.29. The number of aromatic nitrogens is 1. The second-order valence-corrected chi connectivity index (χ2v) is 5.94. The molecule has 2 aromatic rings. The molecule has 0 saturated carbocycles. The van der Waals surface area contributed by atoms with E-state index in [0.29, 0.717) is 9.23 Å². The van der Waals surface area contributed by atoms with Crippen molar-refractivity contribution in [3.8, 4) is 0 Å².